The minimum absolute atomic E-state index is 0.0170. The number of aliphatic hydroxyl groups excluding tert-OH is 2. The third kappa shape index (κ3) is 11.8. The van der Waals surface area contributed by atoms with Gasteiger partial charge in [0.2, 0.25) is 0 Å². The maximum absolute atomic E-state index is 13.6. The lowest BCUT2D eigenvalue weighted by atomic mass is 9.88. The molecule has 0 aromatic heterocycles. The quantitative estimate of drug-likeness (QED) is 0.124. The summed E-state index contributed by atoms with van der Waals surface area (Å²) in [5, 5.41) is 29.6. The summed E-state index contributed by atoms with van der Waals surface area (Å²) in [5.74, 6) is -0.00737. The van der Waals surface area contributed by atoms with Gasteiger partial charge in [-0.2, -0.15) is 0 Å². The van der Waals surface area contributed by atoms with Gasteiger partial charge < -0.3 is 26.0 Å². The van der Waals surface area contributed by atoms with Crippen LogP contribution in [-0.2, 0) is 16.0 Å². The molecule has 1 amide bonds. The zero-order valence-corrected chi connectivity index (χ0v) is 29.5. The number of aliphatic hydroxyl groups is 2. The van der Waals surface area contributed by atoms with Crippen LogP contribution in [0.2, 0.25) is 0 Å². The second kappa shape index (κ2) is 20.2. The van der Waals surface area contributed by atoms with Crippen LogP contribution in [0.15, 0.2) is 48.1 Å². The summed E-state index contributed by atoms with van der Waals surface area (Å²) in [6.07, 6.45) is 17.8. The van der Waals surface area contributed by atoms with E-state index >= 15 is 0 Å². The average molecular weight is 667 g/mol. The number of nitrogens with one attached hydrogen (secondary N) is 2. The van der Waals surface area contributed by atoms with Gasteiger partial charge in [0.05, 0.1) is 12.1 Å². The molecule has 0 spiro atoms. The number of carbonyl (C=O) groups is 2. The van der Waals surface area contributed by atoms with Gasteiger partial charge in [-0.05, 0) is 108 Å². The van der Waals surface area contributed by atoms with Gasteiger partial charge in [-0.1, -0.05) is 74.2 Å². The Hall–Kier alpha value is -2.56. The van der Waals surface area contributed by atoms with E-state index in [9.17, 15) is 19.8 Å². The van der Waals surface area contributed by atoms with Crippen molar-refractivity contribution in [3.63, 3.8) is 0 Å². The van der Waals surface area contributed by atoms with Crippen LogP contribution in [0, 0.1) is 12.8 Å². The number of rotatable bonds is 18. The summed E-state index contributed by atoms with van der Waals surface area (Å²) in [6, 6.07) is 7.68. The van der Waals surface area contributed by atoms with Crippen LogP contribution in [0.3, 0.4) is 0 Å². The fraction of sp³-hybridized carbons (Fsp3) is 0.692. The topological polar surface area (TPSA) is 137 Å². The van der Waals surface area contributed by atoms with Crippen molar-refractivity contribution in [3.8, 4) is 0 Å². The van der Waals surface area contributed by atoms with E-state index in [0.29, 0.717) is 32.2 Å². The van der Waals surface area contributed by atoms with Crippen molar-refractivity contribution in [2.24, 2.45) is 11.7 Å². The number of nitrogens with zero attached hydrogens (tertiary/aromatic N) is 1. The van der Waals surface area contributed by atoms with Gasteiger partial charge in [0.25, 0.3) is 0 Å². The summed E-state index contributed by atoms with van der Waals surface area (Å²) in [6.45, 7) is 5.04. The van der Waals surface area contributed by atoms with Crippen LogP contribution in [0.4, 0.5) is 4.79 Å². The number of benzene rings is 1. The highest BCUT2D eigenvalue weighted by Gasteiger charge is 2.44. The molecule has 9 heteroatoms. The lowest BCUT2D eigenvalue weighted by Crippen LogP contribution is -2.57. The van der Waals surface area contributed by atoms with E-state index in [1.807, 2.05) is 43.3 Å². The molecule has 9 nitrogen and oxygen atoms in total. The highest BCUT2D eigenvalue weighted by Crippen LogP contribution is 2.37. The number of Topliss-reactive ketones (excluding diaryl/α,β-unsaturated/α-hetero) is 1. The van der Waals surface area contributed by atoms with E-state index in [0.717, 1.165) is 93.7 Å². The number of allylic oxidation sites excluding steroid dienone is 3. The molecule has 2 heterocycles. The van der Waals surface area contributed by atoms with Crippen molar-refractivity contribution >= 4 is 11.9 Å². The first-order valence-corrected chi connectivity index (χ1v) is 18.7. The number of hydrogen-bond acceptors (Lipinski definition) is 8. The molecule has 1 aromatic rings. The SMILES string of the molecule is CCCC(CCCN)NC(O)C1CCC2CCCCC(CCCC(=O)C(Cc3ccc(C)cc3)NC(=O)OCC3=CC=CCC3)C(O)N21. The second-order valence-corrected chi connectivity index (χ2v) is 14.3. The van der Waals surface area contributed by atoms with Crippen LogP contribution in [0.5, 0.6) is 0 Å². The first kappa shape index (κ1) is 38.2. The highest BCUT2D eigenvalue weighted by atomic mass is 16.5. The molecule has 268 valence electrons. The fourth-order valence-electron chi connectivity index (χ4n) is 7.84. The molecule has 1 aromatic carbocycles. The lowest BCUT2D eigenvalue weighted by Gasteiger charge is -2.42. The van der Waals surface area contributed by atoms with E-state index in [-0.39, 0.29) is 36.4 Å². The summed E-state index contributed by atoms with van der Waals surface area (Å²) in [7, 11) is 0. The van der Waals surface area contributed by atoms with Crippen molar-refractivity contribution in [1.82, 2.24) is 15.5 Å². The molecular formula is C39H62N4O5. The fourth-order valence-corrected chi connectivity index (χ4v) is 7.84. The summed E-state index contributed by atoms with van der Waals surface area (Å²) in [5.41, 5.74) is 8.95. The molecule has 2 saturated heterocycles. The average Bonchev–Trinajstić information content (AvgIpc) is 3.51. The summed E-state index contributed by atoms with van der Waals surface area (Å²) in [4.78, 5) is 28.7. The number of ether oxygens (including phenoxy) is 1. The molecule has 3 aliphatic rings. The van der Waals surface area contributed by atoms with Crippen molar-refractivity contribution in [2.75, 3.05) is 13.2 Å². The van der Waals surface area contributed by atoms with Crippen molar-refractivity contribution in [1.29, 1.82) is 0 Å². The Morgan fingerprint density at radius 3 is 2.60 bits per heavy atom. The smallest absolute Gasteiger partial charge is 0.408 e. The molecule has 6 N–H and O–H groups in total. The van der Waals surface area contributed by atoms with E-state index in [4.69, 9.17) is 10.5 Å². The first-order valence-electron chi connectivity index (χ1n) is 18.7. The van der Waals surface area contributed by atoms with Gasteiger partial charge in [0.15, 0.2) is 5.78 Å². The van der Waals surface area contributed by atoms with E-state index in [1.54, 1.807) is 0 Å². The standard InChI is InChI=1S/C39H62N4O5/c1-3-11-32(16-10-25-40)41-37(45)35-24-23-33-17-8-7-14-31(38(46)43(33)35)15-9-18-36(44)34(26-29-21-19-28(2)20-22-29)42-39(47)48-27-30-12-5-4-6-13-30/h4-5,12,19-22,31-35,37-38,41,45-46H,3,6-11,13-18,23-27,40H2,1-2H3,(H,42,47). The lowest BCUT2D eigenvalue weighted by molar-refractivity contribution is -0.122. The maximum Gasteiger partial charge on any atom is 0.408 e. The molecule has 4 rings (SSSR count). The Morgan fingerprint density at radius 1 is 1.08 bits per heavy atom. The zero-order valence-electron chi connectivity index (χ0n) is 29.5. The van der Waals surface area contributed by atoms with Gasteiger partial charge in [-0.25, -0.2) is 4.79 Å². The van der Waals surface area contributed by atoms with Gasteiger partial charge >= 0.3 is 6.09 Å². The van der Waals surface area contributed by atoms with Gasteiger partial charge in [-0.15, -0.1) is 0 Å². The highest BCUT2D eigenvalue weighted by molar-refractivity contribution is 5.87. The number of amides is 1. The van der Waals surface area contributed by atoms with E-state index in [2.05, 4.69) is 28.5 Å². The molecule has 0 radical (unpaired) electrons. The first-order chi connectivity index (χ1) is 23.3. The monoisotopic (exact) mass is 666 g/mol. The van der Waals surface area contributed by atoms with E-state index in [1.165, 1.54) is 0 Å². The van der Waals surface area contributed by atoms with Crippen LogP contribution in [0.1, 0.15) is 114 Å². The Morgan fingerprint density at radius 2 is 1.88 bits per heavy atom. The van der Waals surface area contributed by atoms with Crippen molar-refractivity contribution in [3.05, 3.63) is 59.2 Å². The third-order valence-electron chi connectivity index (χ3n) is 10.6. The molecule has 7 unspecified atom stereocenters. The number of ketones is 1. The van der Waals surface area contributed by atoms with Gasteiger partial charge in [0.1, 0.15) is 19.1 Å². The van der Waals surface area contributed by atoms with Gasteiger partial charge in [-0.3, -0.25) is 15.0 Å². The molecule has 7 atom stereocenters. The maximum atomic E-state index is 13.6. The number of nitrogens with two attached hydrogens (primary N) is 1. The van der Waals surface area contributed by atoms with Crippen LogP contribution in [-0.4, -0.2) is 76.8 Å². The second-order valence-electron chi connectivity index (χ2n) is 14.3. The minimum atomic E-state index is -0.708. The molecule has 1 aliphatic carbocycles. The molecule has 2 fully saturated rings. The predicted molar refractivity (Wildman–Crippen MR) is 191 cm³/mol. The Balaban J connectivity index is 1.35. The summed E-state index contributed by atoms with van der Waals surface area (Å²) < 4.78 is 5.51. The minimum Gasteiger partial charge on any atom is -0.445 e. The molecule has 0 saturated carbocycles. The molecular weight excluding hydrogens is 604 g/mol. The third-order valence-corrected chi connectivity index (χ3v) is 10.6. The molecule has 2 aliphatic heterocycles. The zero-order chi connectivity index (χ0) is 34.3. The van der Waals surface area contributed by atoms with Crippen molar-refractivity contribution < 1.29 is 24.5 Å². The van der Waals surface area contributed by atoms with Crippen LogP contribution in [0.25, 0.3) is 0 Å². The van der Waals surface area contributed by atoms with Crippen LogP contribution < -0.4 is 16.4 Å². The number of hydrogen-bond donors (Lipinski definition) is 5. The number of aryl methyl sites for hydroxylation is 1. The molecule has 48 heavy (non-hydrogen) atoms. The number of carbonyl (C=O) groups excluding carboxylic acids is 2. The largest absolute Gasteiger partial charge is 0.445 e. The number of fused-ring (bicyclic) bond motifs is 1. The van der Waals surface area contributed by atoms with Crippen LogP contribution >= 0.6 is 0 Å². The Labute approximate surface area is 288 Å². The van der Waals surface area contributed by atoms with E-state index < -0.39 is 24.6 Å². The molecule has 0 bridgehead atoms. The summed E-state index contributed by atoms with van der Waals surface area (Å²) >= 11 is 0. The predicted octanol–water partition coefficient (Wildman–Crippen LogP) is 5.81. The Kier molecular flexibility index (Phi) is 16.1. The Bertz CT molecular complexity index is 1190. The normalized spacial score (nSPS) is 24.9. The number of alkyl carbamates (subject to hydrolysis) is 1. The van der Waals surface area contributed by atoms with Gasteiger partial charge in [0, 0.05) is 18.5 Å². The van der Waals surface area contributed by atoms with Crippen molar-refractivity contribution in [2.45, 2.75) is 153 Å².